The summed E-state index contributed by atoms with van der Waals surface area (Å²) in [5.74, 6) is 0.0372. The van der Waals surface area contributed by atoms with Gasteiger partial charge in [-0.2, -0.15) is 8.78 Å². The summed E-state index contributed by atoms with van der Waals surface area (Å²) in [6, 6.07) is 5.47. The van der Waals surface area contributed by atoms with Gasteiger partial charge in [-0.25, -0.2) is 4.79 Å². The summed E-state index contributed by atoms with van der Waals surface area (Å²) < 4.78 is 28.6. The van der Waals surface area contributed by atoms with E-state index in [1.54, 1.807) is 4.90 Å². The molecule has 0 saturated carbocycles. The summed E-state index contributed by atoms with van der Waals surface area (Å²) >= 11 is 0. The summed E-state index contributed by atoms with van der Waals surface area (Å²) in [5.41, 5.74) is 0.490. The third-order valence-corrected chi connectivity index (χ3v) is 4.81. The maximum atomic E-state index is 12.5. The fraction of sp³-hybridized carbons (Fsp3) is 0.556. The molecule has 6 nitrogen and oxygen atoms in total. The summed E-state index contributed by atoms with van der Waals surface area (Å²) in [4.78, 5) is 28.5. The average molecular weight is 367 g/mol. The van der Waals surface area contributed by atoms with Crippen LogP contribution < -0.4 is 10.1 Å². The van der Waals surface area contributed by atoms with Gasteiger partial charge in [0.1, 0.15) is 5.75 Å². The normalized spacial score (nSPS) is 20.3. The molecule has 2 aliphatic heterocycles. The quantitative estimate of drug-likeness (QED) is 0.889. The van der Waals surface area contributed by atoms with E-state index < -0.39 is 6.61 Å². The van der Waals surface area contributed by atoms with Crippen LogP contribution in [0.4, 0.5) is 19.3 Å². The number of rotatable bonds is 4. The number of hydrogen-bond acceptors (Lipinski definition) is 3. The fourth-order valence-corrected chi connectivity index (χ4v) is 3.48. The Hall–Kier alpha value is -2.38. The van der Waals surface area contributed by atoms with Crippen LogP contribution in [0.2, 0.25) is 0 Å². The molecule has 3 amide bonds. The van der Waals surface area contributed by atoms with E-state index in [1.165, 1.54) is 24.3 Å². The third-order valence-electron chi connectivity index (χ3n) is 4.81. The van der Waals surface area contributed by atoms with E-state index in [9.17, 15) is 18.4 Å². The topological polar surface area (TPSA) is 61.9 Å². The van der Waals surface area contributed by atoms with E-state index >= 15 is 0 Å². The molecule has 8 heteroatoms. The molecule has 1 aromatic rings. The molecule has 26 heavy (non-hydrogen) atoms. The van der Waals surface area contributed by atoms with Crippen molar-refractivity contribution in [2.75, 3.05) is 31.5 Å². The molecule has 0 aromatic heterocycles. The second kappa shape index (κ2) is 8.33. The zero-order chi connectivity index (χ0) is 18.5. The van der Waals surface area contributed by atoms with Gasteiger partial charge < -0.3 is 19.9 Å². The van der Waals surface area contributed by atoms with Gasteiger partial charge in [-0.05, 0) is 49.9 Å². The van der Waals surface area contributed by atoms with Crippen LogP contribution in [-0.4, -0.2) is 54.5 Å². The number of carbonyl (C=O) groups excluding carboxylic acids is 2. The molecule has 1 atom stereocenters. The molecular formula is C18H23F2N3O3. The lowest BCUT2D eigenvalue weighted by atomic mass is 9.97. The number of benzene rings is 1. The highest BCUT2D eigenvalue weighted by molar-refractivity contribution is 5.90. The number of alkyl halides is 2. The van der Waals surface area contributed by atoms with Gasteiger partial charge in [-0.15, -0.1) is 0 Å². The van der Waals surface area contributed by atoms with E-state index in [0.29, 0.717) is 18.8 Å². The summed E-state index contributed by atoms with van der Waals surface area (Å²) in [5, 5.41) is 2.74. The van der Waals surface area contributed by atoms with Crippen LogP contribution in [0.1, 0.15) is 25.7 Å². The Morgan fingerprint density at radius 3 is 2.35 bits per heavy atom. The van der Waals surface area contributed by atoms with Crippen LogP contribution in [0.25, 0.3) is 0 Å². The van der Waals surface area contributed by atoms with Crippen LogP contribution in [-0.2, 0) is 4.79 Å². The number of hydrogen-bond donors (Lipinski definition) is 1. The van der Waals surface area contributed by atoms with Crippen molar-refractivity contribution in [1.82, 2.24) is 9.80 Å². The molecule has 0 aliphatic carbocycles. The van der Waals surface area contributed by atoms with E-state index in [-0.39, 0.29) is 23.6 Å². The lowest BCUT2D eigenvalue weighted by Gasteiger charge is -2.33. The van der Waals surface area contributed by atoms with Crippen molar-refractivity contribution >= 4 is 17.6 Å². The maximum absolute atomic E-state index is 12.5. The molecule has 1 aromatic carbocycles. The van der Waals surface area contributed by atoms with Crippen LogP contribution in [0.15, 0.2) is 24.3 Å². The Morgan fingerprint density at radius 2 is 1.69 bits per heavy atom. The predicted octanol–water partition coefficient (Wildman–Crippen LogP) is 3.15. The van der Waals surface area contributed by atoms with Gasteiger partial charge in [0.25, 0.3) is 0 Å². The molecule has 2 aliphatic rings. The monoisotopic (exact) mass is 367 g/mol. The SMILES string of the molecule is O=C(Nc1ccc(OC(F)F)cc1)N1CCCC(C(=O)N2CCCC2)C1. The first-order valence-corrected chi connectivity index (χ1v) is 8.92. The lowest BCUT2D eigenvalue weighted by molar-refractivity contribution is -0.135. The Balaban J connectivity index is 1.54. The number of urea groups is 1. The first kappa shape index (κ1) is 18.4. The number of anilines is 1. The van der Waals surface area contributed by atoms with Crippen molar-refractivity contribution in [3.8, 4) is 5.75 Å². The van der Waals surface area contributed by atoms with E-state index in [4.69, 9.17) is 0 Å². The van der Waals surface area contributed by atoms with Crippen molar-refractivity contribution < 1.29 is 23.1 Å². The number of piperidine rings is 1. The summed E-state index contributed by atoms with van der Waals surface area (Å²) in [6.07, 6.45) is 3.69. The molecule has 2 saturated heterocycles. The Kier molecular flexibility index (Phi) is 5.90. The van der Waals surface area contributed by atoms with Crippen LogP contribution >= 0.6 is 0 Å². The van der Waals surface area contributed by atoms with Gasteiger partial charge in [0, 0.05) is 31.9 Å². The second-order valence-corrected chi connectivity index (χ2v) is 6.65. The largest absolute Gasteiger partial charge is 0.435 e. The number of ether oxygens (including phenoxy) is 1. The Morgan fingerprint density at radius 1 is 1.04 bits per heavy atom. The highest BCUT2D eigenvalue weighted by Crippen LogP contribution is 2.23. The van der Waals surface area contributed by atoms with Crippen LogP contribution in [0.5, 0.6) is 5.75 Å². The highest BCUT2D eigenvalue weighted by Gasteiger charge is 2.32. The second-order valence-electron chi connectivity index (χ2n) is 6.65. The van der Waals surface area contributed by atoms with E-state index in [0.717, 1.165) is 38.8 Å². The number of nitrogens with zero attached hydrogens (tertiary/aromatic N) is 2. The molecule has 1 N–H and O–H groups in total. The summed E-state index contributed by atoms with van der Waals surface area (Å²) in [7, 11) is 0. The summed E-state index contributed by atoms with van der Waals surface area (Å²) in [6.45, 7) is -0.243. The molecular weight excluding hydrogens is 344 g/mol. The number of carbonyl (C=O) groups is 2. The van der Waals surface area contributed by atoms with Gasteiger partial charge in [0.2, 0.25) is 5.91 Å². The molecule has 1 unspecified atom stereocenters. The Bertz CT molecular complexity index is 633. The van der Waals surface area contributed by atoms with Crippen molar-refractivity contribution in [3.63, 3.8) is 0 Å². The molecule has 0 radical (unpaired) electrons. The third kappa shape index (κ3) is 4.62. The first-order chi connectivity index (χ1) is 12.5. The van der Waals surface area contributed by atoms with Gasteiger partial charge in [0.15, 0.2) is 0 Å². The lowest BCUT2D eigenvalue weighted by Crippen LogP contribution is -2.47. The van der Waals surface area contributed by atoms with Gasteiger partial charge >= 0.3 is 12.6 Å². The molecule has 142 valence electrons. The van der Waals surface area contributed by atoms with Crippen LogP contribution in [0.3, 0.4) is 0 Å². The average Bonchev–Trinajstić information content (AvgIpc) is 3.17. The highest BCUT2D eigenvalue weighted by atomic mass is 19.3. The van der Waals surface area contributed by atoms with Gasteiger partial charge in [0.05, 0.1) is 5.92 Å². The first-order valence-electron chi connectivity index (χ1n) is 8.92. The standard InChI is InChI=1S/C18H23F2N3O3/c19-17(20)26-15-7-5-14(6-8-15)21-18(25)23-11-3-4-13(12-23)16(24)22-9-1-2-10-22/h5-8,13,17H,1-4,9-12H2,(H,21,25). The van der Waals surface area contributed by atoms with Gasteiger partial charge in [-0.1, -0.05) is 0 Å². The predicted molar refractivity (Wildman–Crippen MR) is 92.2 cm³/mol. The number of nitrogens with one attached hydrogen (secondary N) is 1. The van der Waals surface area contributed by atoms with E-state index in [1.807, 2.05) is 4.90 Å². The molecule has 3 rings (SSSR count). The Labute approximate surface area is 151 Å². The van der Waals surface area contributed by atoms with E-state index in [2.05, 4.69) is 10.1 Å². The van der Waals surface area contributed by atoms with Crippen molar-refractivity contribution in [2.45, 2.75) is 32.3 Å². The minimum absolute atomic E-state index is 0.0345. The van der Waals surface area contributed by atoms with Crippen molar-refractivity contribution in [1.29, 1.82) is 0 Å². The number of likely N-dealkylation sites (tertiary alicyclic amines) is 2. The molecule has 2 fully saturated rings. The number of halogens is 2. The molecule has 2 heterocycles. The minimum atomic E-state index is -2.88. The number of amides is 3. The van der Waals surface area contributed by atoms with Crippen LogP contribution in [0, 0.1) is 5.92 Å². The van der Waals surface area contributed by atoms with Crippen molar-refractivity contribution in [3.05, 3.63) is 24.3 Å². The smallest absolute Gasteiger partial charge is 0.387 e. The van der Waals surface area contributed by atoms with Gasteiger partial charge in [-0.3, -0.25) is 4.79 Å². The molecule has 0 bridgehead atoms. The zero-order valence-corrected chi connectivity index (χ0v) is 14.5. The molecule has 0 spiro atoms. The fourth-order valence-electron chi connectivity index (χ4n) is 3.48. The van der Waals surface area contributed by atoms with Crippen molar-refractivity contribution in [2.24, 2.45) is 5.92 Å². The minimum Gasteiger partial charge on any atom is -0.435 e. The maximum Gasteiger partial charge on any atom is 0.387 e. The zero-order valence-electron chi connectivity index (χ0n) is 14.5.